The van der Waals surface area contributed by atoms with Gasteiger partial charge >= 0.3 is 6.18 Å². The number of fused-ring (bicyclic) bond motifs is 1. The standard InChI is InChI=1S/C20H21F6N5O2S/c1-19(2,3)34(33)29-12(6-11-7-14(22)15(23)9-13(11)21)8-17(32)30-4-5-31-16(10-30)27-28-18(31)20(24,25)26/h7-9,29H,4-6,10H2,1-3H3/b12-8-/t34-/m0/s1. The first-order valence-corrected chi connectivity index (χ1v) is 11.1. The zero-order valence-electron chi connectivity index (χ0n) is 18.3. The molecule has 186 valence electrons. The van der Waals surface area contributed by atoms with Crippen LogP contribution in [0.4, 0.5) is 26.3 Å². The van der Waals surface area contributed by atoms with Crippen LogP contribution >= 0.6 is 0 Å². The van der Waals surface area contributed by atoms with Crippen LogP contribution in [0, 0.1) is 17.5 Å². The summed E-state index contributed by atoms with van der Waals surface area (Å²) in [6.07, 6.45) is -4.11. The molecule has 1 aromatic carbocycles. The largest absolute Gasteiger partial charge is 0.451 e. The Bertz CT molecular complexity index is 1160. The van der Waals surface area contributed by atoms with E-state index in [1.165, 1.54) is 4.90 Å². The zero-order chi connectivity index (χ0) is 25.4. The molecule has 1 aliphatic rings. The first kappa shape index (κ1) is 25.7. The van der Waals surface area contributed by atoms with Gasteiger partial charge in [0, 0.05) is 37.3 Å². The number of alkyl halides is 3. The molecule has 0 saturated carbocycles. The fraction of sp³-hybridized carbons (Fsp3) is 0.450. The molecule has 0 radical (unpaired) electrons. The number of amides is 1. The van der Waals surface area contributed by atoms with Crippen LogP contribution in [0.1, 0.15) is 38.0 Å². The van der Waals surface area contributed by atoms with E-state index in [0.717, 1.165) is 10.6 Å². The fourth-order valence-corrected chi connectivity index (χ4v) is 3.76. The number of benzene rings is 1. The Balaban J connectivity index is 1.87. The fourth-order valence-electron chi connectivity index (χ4n) is 3.09. The topological polar surface area (TPSA) is 80.1 Å². The molecule has 1 amide bonds. The Labute approximate surface area is 193 Å². The number of carbonyl (C=O) groups is 1. The van der Waals surface area contributed by atoms with Gasteiger partial charge in [0.05, 0.1) is 11.3 Å². The van der Waals surface area contributed by atoms with Crippen molar-refractivity contribution in [3.63, 3.8) is 0 Å². The van der Waals surface area contributed by atoms with E-state index in [-0.39, 0.29) is 36.7 Å². The number of carbonyl (C=O) groups excluding carboxylic acids is 1. The molecular formula is C20H21F6N5O2S. The number of nitrogens with zero attached hydrogens (tertiary/aromatic N) is 4. The zero-order valence-corrected chi connectivity index (χ0v) is 19.2. The highest BCUT2D eigenvalue weighted by molar-refractivity contribution is 7.84. The van der Waals surface area contributed by atoms with E-state index in [4.69, 9.17) is 0 Å². The summed E-state index contributed by atoms with van der Waals surface area (Å²) in [5.74, 6) is -5.66. The lowest BCUT2D eigenvalue weighted by molar-refractivity contribution is -0.148. The van der Waals surface area contributed by atoms with Crippen molar-refractivity contribution in [1.82, 2.24) is 24.4 Å². The molecule has 1 aromatic heterocycles. The van der Waals surface area contributed by atoms with Crippen molar-refractivity contribution in [3.8, 4) is 0 Å². The van der Waals surface area contributed by atoms with Gasteiger partial charge in [0.25, 0.3) is 0 Å². The van der Waals surface area contributed by atoms with E-state index in [1.807, 2.05) is 0 Å². The summed E-state index contributed by atoms with van der Waals surface area (Å²) in [5, 5.41) is 6.65. The van der Waals surface area contributed by atoms with E-state index < -0.39 is 57.5 Å². The predicted octanol–water partition coefficient (Wildman–Crippen LogP) is 3.23. The monoisotopic (exact) mass is 509 g/mol. The predicted molar refractivity (Wildman–Crippen MR) is 110 cm³/mol. The molecule has 3 rings (SSSR count). The van der Waals surface area contributed by atoms with Gasteiger partial charge in [0.15, 0.2) is 17.5 Å². The number of rotatable bonds is 5. The molecule has 2 heterocycles. The minimum Gasteiger partial charge on any atom is -0.330 e. The summed E-state index contributed by atoms with van der Waals surface area (Å²) < 4.78 is 95.4. The Morgan fingerprint density at radius 3 is 2.35 bits per heavy atom. The van der Waals surface area contributed by atoms with E-state index in [9.17, 15) is 35.3 Å². The van der Waals surface area contributed by atoms with E-state index in [1.54, 1.807) is 20.8 Å². The molecule has 0 bridgehead atoms. The number of aromatic nitrogens is 3. The summed E-state index contributed by atoms with van der Waals surface area (Å²) in [7, 11) is -1.75. The van der Waals surface area contributed by atoms with E-state index in [0.29, 0.717) is 12.1 Å². The Hall–Kier alpha value is -2.90. The Morgan fingerprint density at radius 1 is 1.09 bits per heavy atom. The molecule has 2 aromatic rings. The first-order valence-electron chi connectivity index (χ1n) is 9.97. The molecule has 1 aliphatic heterocycles. The van der Waals surface area contributed by atoms with Crippen molar-refractivity contribution in [2.45, 2.75) is 51.2 Å². The molecule has 0 unspecified atom stereocenters. The van der Waals surface area contributed by atoms with Crippen molar-refractivity contribution < 1.29 is 35.3 Å². The molecule has 0 aliphatic carbocycles. The van der Waals surface area contributed by atoms with Crippen LogP contribution in [0.25, 0.3) is 0 Å². The molecule has 1 N–H and O–H groups in total. The molecule has 0 spiro atoms. The molecule has 0 saturated heterocycles. The van der Waals surface area contributed by atoms with Gasteiger partial charge in [0.1, 0.15) is 16.8 Å². The molecule has 1 atom stereocenters. The highest BCUT2D eigenvalue weighted by Crippen LogP contribution is 2.29. The van der Waals surface area contributed by atoms with Gasteiger partial charge in [-0.2, -0.15) is 13.2 Å². The maximum Gasteiger partial charge on any atom is 0.451 e. The molecular weight excluding hydrogens is 488 g/mol. The van der Waals surface area contributed by atoms with Crippen LogP contribution in [-0.4, -0.2) is 41.1 Å². The van der Waals surface area contributed by atoms with Gasteiger partial charge in [-0.3, -0.25) is 4.79 Å². The van der Waals surface area contributed by atoms with Crippen LogP contribution in [0.2, 0.25) is 0 Å². The van der Waals surface area contributed by atoms with Crippen LogP contribution < -0.4 is 4.72 Å². The SMILES string of the molecule is CC(C)(C)[S@](=O)N/C(=C\C(=O)N1CCn2c(nnc2C(F)(F)F)C1)Cc1cc(F)c(F)cc1F. The number of hydrogen-bond acceptors (Lipinski definition) is 4. The van der Waals surface area contributed by atoms with Crippen molar-refractivity contribution in [1.29, 1.82) is 0 Å². The summed E-state index contributed by atoms with van der Waals surface area (Å²) in [6, 6.07) is 0.993. The van der Waals surface area contributed by atoms with Gasteiger partial charge in [0.2, 0.25) is 11.7 Å². The number of hydrogen-bond donors (Lipinski definition) is 1. The lowest BCUT2D eigenvalue weighted by Gasteiger charge is -2.27. The molecule has 14 heteroatoms. The van der Waals surface area contributed by atoms with Crippen LogP contribution in [0.15, 0.2) is 23.9 Å². The average molecular weight is 509 g/mol. The minimum absolute atomic E-state index is 0.0498. The maximum absolute atomic E-state index is 14.2. The second kappa shape index (κ2) is 9.39. The average Bonchev–Trinajstić information content (AvgIpc) is 3.14. The quantitative estimate of drug-likeness (QED) is 0.381. The summed E-state index contributed by atoms with van der Waals surface area (Å²) >= 11 is 0. The number of allylic oxidation sites excluding steroid dienone is 1. The third-order valence-corrected chi connectivity index (χ3v) is 6.43. The number of halogens is 6. The van der Waals surface area contributed by atoms with Crippen molar-refractivity contribution in [3.05, 3.63) is 58.6 Å². The molecule has 0 fully saturated rings. The van der Waals surface area contributed by atoms with Crippen LogP contribution in [0.5, 0.6) is 0 Å². The van der Waals surface area contributed by atoms with E-state index in [2.05, 4.69) is 14.9 Å². The second-order valence-corrected chi connectivity index (χ2v) is 10.5. The maximum atomic E-state index is 14.2. The smallest absolute Gasteiger partial charge is 0.330 e. The normalized spacial score (nSPS) is 15.8. The van der Waals surface area contributed by atoms with Crippen molar-refractivity contribution in [2.75, 3.05) is 6.54 Å². The molecule has 34 heavy (non-hydrogen) atoms. The highest BCUT2D eigenvalue weighted by Gasteiger charge is 2.39. The van der Waals surface area contributed by atoms with Crippen molar-refractivity contribution >= 4 is 16.9 Å². The van der Waals surface area contributed by atoms with Crippen LogP contribution in [0.3, 0.4) is 0 Å². The lowest BCUT2D eigenvalue weighted by atomic mass is 10.1. The third kappa shape index (κ3) is 5.77. The highest BCUT2D eigenvalue weighted by atomic mass is 32.2. The summed E-state index contributed by atoms with van der Waals surface area (Å²) in [4.78, 5) is 14.0. The van der Waals surface area contributed by atoms with Crippen molar-refractivity contribution in [2.24, 2.45) is 0 Å². The lowest BCUT2D eigenvalue weighted by Crippen LogP contribution is -2.39. The van der Waals surface area contributed by atoms with E-state index >= 15 is 0 Å². The van der Waals surface area contributed by atoms with Crippen LogP contribution in [-0.2, 0) is 41.5 Å². The second-order valence-electron chi connectivity index (χ2n) is 8.54. The Morgan fingerprint density at radius 2 is 1.74 bits per heavy atom. The van der Waals surface area contributed by atoms with Gasteiger partial charge < -0.3 is 14.2 Å². The third-order valence-electron chi connectivity index (χ3n) is 4.87. The molecule has 7 nitrogen and oxygen atoms in total. The first-order chi connectivity index (χ1) is 15.7. The summed E-state index contributed by atoms with van der Waals surface area (Å²) in [6.45, 7) is 4.35. The van der Waals surface area contributed by atoms with Gasteiger partial charge in [-0.1, -0.05) is 0 Å². The van der Waals surface area contributed by atoms with Gasteiger partial charge in [-0.25, -0.2) is 17.4 Å². The van der Waals surface area contributed by atoms with Gasteiger partial charge in [-0.05, 0) is 32.4 Å². The Kier molecular flexibility index (Phi) is 7.10. The van der Waals surface area contributed by atoms with Gasteiger partial charge in [-0.15, -0.1) is 10.2 Å². The minimum atomic E-state index is -4.69. The summed E-state index contributed by atoms with van der Waals surface area (Å²) in [5.41, 5.74) is -0.337. The number of nitrogens with one attached hydrogen (secondary N) is 1.